The first-order valence-electron chi connectivity index (χ1n) is 12.6. The lowest BCUT2D eigenvalue weighted by Crippen LogP contribution is -2.43. The van der Waals surface area contributed by atoms with Gasteiger partial charge in [0.1, 0.15) is 0 Å². The molecule has 3 nitrogen and oxygen atoms in total. The van der Waals surface area contributed by atoms with E-state index in [1.54, 1.807) is 18.2 Å². The van der Waals surface area contributed by atoms with Gasteiger partial charge >= 0.3 is 0 Å². The zero-order chi connectivity index (χ0) is 24.0. The molecule has 0 unspecified atom stereocenters. The van der Waals surface area contributed by atoms with Gasteiger partial charge in [0.15, 0.2) is 8.32 Å². The normalized spacial score (nSPS) is 14.2. The maximum Gasteiger partial charge on any atom is 0.205 e. The molecule has 0 N–H and O–H groups in total. The zero-order valence-corrected chi connectivity index (χ0v) is 23.1. The molecule has 0 spiro atoms. The van der Waals surface area contributed by atoms with E-state index in [0.29, 0.717) is 16.2 Å². The zero-order valence-electron chi connectivity index (χ0n) is 21.3. The molecule has 182 valence electrons. The summed E-state index contributed by atoms with van der Waals surface area (Å²) < 4.78 is 34.5. The second-order valence-corrected chi connectivity index (χ2v) is 15.0. The van der Waals surface area contributed by atoms with Crippen molar-refractivity contribution in [3.63, 3.8) is 0 Å². The molecule has 0 aromatic heterocycles. The fraction of sp³-hybridized carbons (Fsp3) is 0.630. The molecule has 0 aliphatic carbocycles. The maximum absolute atomic E-state index is 13.7. The molecule has 0 aliphatic rings. The Bertz CT molecular complexity index is 788. The summed E-state index contributed by atoms with van der Waals surface area (Å²) in [6, 6.07) is 10.5. The molecule has 0 saturated carbocycles. The molecular formula is C27H46O3SSi. The van der Waals surface area contributed by atoms with E-state index in [-0.39, 0.29) is 0 Å². The summed E-state index contributed by atoms with van der Waals surface area (Å²) in [6.45, 7) is 12.6. The molecule has 1 rings (SSSR count). The lowest BCUT2D eigenvalue weighted by molar-refractivity contribution is 0.219. The van der Waals surface area contributed by atoms with Crippen LogP contribution in [-0.2, 0) is 14.3 Å². The molecule has 1 aromatic rings. The Morgan fingerprint density at radius 1 is 0.938 bits per heavy atom. The van der Waals surface area contributed by atoms with Crippen LogP contribution < -0.4 is 0 Å². The molecule has 0 aliphatic heterocycles. The highest BCUT2D eigenvalue weighted by atomic mass is 32.2. The van der Waals surface area contributed by atoms with Crippen LogP contribution in [0.5, 0.6) is 0 Å². The number of hydrogen-bond donors (Lipinski definition) is 0. The number of sulfone groups is 1. The average Bonchev–Trinajstić information content (AvgIpc) is 2.79. The highest BCUT2D eigenvalue weighted by Gasteiger charge is 2.38. The van der Waals surface area contributed by atoms with Crippen LogP contribution in [0.4, 0.5) is 0 Å². The number of hydrogen-bond acceptors (Lipinski definition) is 3. The summed E-state index contributed by atoms with van der Waals surface area (Å²) in [6.07, 6.45) is 12.7. The van der Waals surface area contributed by atoms with Gasteiger partial charge in [-0.05, 0) is 56.6 Å². The lowest BCUT2D eigenvalue weighted by Gasteiger charge is -2.36. The Balaban J connectivity index is 3.45. The van der Waals surface area contributed by atoms with E-state index in [9.17, 15) is 8.42 Å². The number of allylic oxidation sites excluding steroid dienone is 3. The Morgan fingerprint density at radius 3 is 1.84 bits per heavy atom. The van der Waals surface area contributed by atoms with Crippen LogP contribution in [0.2, 0.25) is 18.1 Å². The van der Waals surface area contributed by atoms with Gasteiger partial charge in [0, 0.05) is 0 Å². The topological polar surface area (TPSA) is 43.4 Å². The Labute approximate surface area is 199 Å². The number of aryl methyl sites for hydroxylation is 1. The maximum atomic E-state index is 13.7. The third-order valence-corrected chi connectivity index (χ3v) is 12.6. The van der Waals surface area contributed by atoms with Crippen molar-refractivity contribution in [3.05, 3.63) is 53.0 Å². The van der Waals surface area contributed by atoms with Crippen LogP contribution in [0.1, 0.15) is 85.1 Å². The van der Waals surface area contributed by atoms with E-state index >= 15 is 0 Å². The van der Waals surface area contributed by atoms with Crippen LogP contribution >= 0.6 is 0 Å². The van der Waals surface area contributed by atoms with Crippen LogP contribution in [0.15, 0.2) is 52.3 Å². The largest absolute Gasteiger partial charge is 0.409 e. The molecule has 5 heteroatoms. The van der Waals surface area contributed by atoms with Crippen molar-refractivity contribution in [2.75, 3.05) is 0 Å². The predicted molar refractivity (Wildman–Crippen MR) is 141 cm³/mol. The van der Waals surface area contributed by atoms with E-state index < -0.39 is 24.3 Å². The molecule has 32 heavy (non-hydrogen) atoms. The minimum absolute atomic E-state index is 0.351. The Kier molecular flexibility index (Phi) is 13.4. The molecule has 0 saturated heterocycles. The van der Waals surface area contributed by atoms with E-state index in [1.165, 1.54) is 0 Å². The van der Waals surface area contributed by atoms with E-state index in [1.807, 2.05) is 38.1 Å². The fourth-order valence-electron chi connectivity index (χ4n) is 4.11. The SMILES string of the molecule is C/C=C/C=C(\[C@@H](CC)O[Si](CCCC)(CCCC)CCCC)S(=O)(=O)c1ccc(C)cc1. The summed E-state index contributed by atoms with van der Waals surface area (Å²) in [4.78, 5) is 0.757. The van der Waals surface area contributed by atoms with Gasteiger partial charge in [-0.2, -0.15) is 0 Å². The van der Waals surface area contributed by atoms with Crippen molar-refractivity contribution in [1.82, 2.24) is 0 Å². The van der Waals surface area contributed by atoms with Gasteiger partial charge in [-0.3, -0.25) is 0 Å². The molecule has 0 heterocycles. The van der Waals surface area contributed by atoms with Crippen LogP contribution in [0.3, 0.4) is 0 Å². The molecule has 1 atom stereocenters. The molecule has 1 aromatic carbocycles. The van der Waals surface area contributed by atoms with Gasteiger partial charge in [0.05, 0.1) is 15.9 Å². The van der Waals surface area contributed by atoms with Crippen LogP contribution in [0.25, 0.3) is 0 Å². The van der Waals surface area contributed by atoms with Crippen molar-refractivity contribution in [2.24, 2.45) is 0 Å². The average molecular weight is 479 g/mol. The first kappa shape index (κ1) is 28.9. The van der Waals surface area contributed by atoms with E-state index in [2.05, 4.69) is 27.7 Å². The monoisotopic (exact) mass is 478 g/mol. The summed E-state index contributed by atoms with van der Waals surface area (Å²) in [5.41, 5.74) is 1.05. The first-order chi connectivity index (χ1) is 15.3. The Hall–Kier alpha value is -1.17. The Morgan fingerprint density at radius 2 is 1.44 bits per heavy atom. The third-order valence-electron chi connectivity index (χ3n) is 6.13. The standard InChI is InChI=1S/C27H46O3SSi/c1-7-12-16-27(31(28,29)25-19-17-24(6)18-20-25)26(11-5)30-32(21-13-8-2,22-14-9-3)23-15-10-4/h7,12,16-20,26H,8-11,13-15,21-23H2,1-6H3/b12-7+,27-16+/t26-/m1/s1. The van der Waals surface area contributed by atoms with Crippen molar-refractivity contribution in [3.8, 4) is 0 Å². The smallest absolute Gasteiger partial charge is 0.205 e. The van der Waals surface area contributed by atoms with Crippen molar-refractivity contribution in [2.45, 2.75) is 116 Å². The van der Waals surface area contributed by atoms with Crippen molar-refractivity contribution < 1.29 is 12.8 Å². The van der Waals surface area contributed by atoms with Gasteiger partial charge in [-0.15, -0.1) is 0 Å². The highest BCUT2D eigenvalue weighted by molar-refractivity contribution is 7.95. The third kappa shape index (κ3) is 8.64. The van der Waals surface area contributed by atoms with Crippen LogP contribution in [-0.4, -0.2) is 22.8 Å². The summed E-state index contributed by atoms with van der Waals surface area (Å²) in [7, 11) is -5.69. The van der Waals surface area contributed by atoms with Gasteiger partial charge in [0.25, 0.3) is 0 Å². The van der Waals surface area contributed by atoms with E-state index in [4.69, 9.17) is 4.43 Å². The quantitative estimate of drug-likeness (QED) is 0.177. The van der Waals surface area contributed by atoms with Gasteiger partial charge < -0.3 is 4.43 Å². The summed E-state index contributed by atoms with van der Waals surface area (Å²) in [5.74, 6) is 0. The summed E-state index contributed by atoms with van der Waals surface area (Å²) >= 11 is 0. The second kappa shape index (κ2) is 14.9. The van der Waals surface area contributed by atoms with Gasteiger partial charge in [-0.1, -0.05) is 96.1 Å². The summed E-state index contributed by atoms with van der Waals surface area (Å²) in [5, 5.41) is 0. The van der Waals surface area contributed by atoms with Gasteiger partial charge in [-0.25, -0.2) is 8.42 Å². The predicted octanol–water partition coefficient (Wildman–Crippen LogP) is 8.37. The molecule has 0 amide bonds. The molecule has 0 radical (unpaired) electrons. The molecule has 0 fully saturated rings. The highest BCUT2D eigenvalue weighted by Crippen LogP contribution is 2.35. The van der Waals surface area contributed by atoms with E-state index in [0.717, 1.165) is 62.2 Å². The molecular weight excluding hydrogens is 432 g/mol. The fourth-order valence-corrected chi connectivity index (χ4v) is 10.8. The first-order valence-corrected chi connectivity index (χ1v) is 16.6. The molecule has 0 bridgehead atoms. The number of unbranched alkanes of at least 4 members (excludes halogenated alkanes) is 3. The minimum Gasteiger partial charge on any atom is -0.409 e. The lowest BCUT2D eigenvalue weighted by atomic mass is 10.2. The number of rotatable bonds is 16. The minimum atomic E-state index is -3.63. The number of benzene rings is 1. The second-order valence-electron chi connectivity index (χ2n) is 8.92. The van der Waals surface area contributed by atoms with Gasteiger partial charge in [0.2, 0.25) is 9.84 Å². The van der Waals surface area contributed by atoms with Crippen LogP contribution in [0, 0.1) is 6.92 Å². The van der Waals surface area contributed by atoms with Crippen molar-refractivity contribution >= 4 is 18.2 Å². The van der Waals surface area contributed by atoms with Crippen molar-refractivity contribution in [1.29, 1.82) is 0 Å².